The van der Waals surface area contributed by atoms with Crippen molar-refractivity contribution in [2.75, 3.05) is 18.0 Å². The zero-order valence-electron chi connectivity index (χ0n) is 11.0. The summed E-state index contributed by atoms with van der Waals surface area (Å²) in [5.41, 5.74) is 7.38. The molecule has 0 fully saturated rings. The molecular weight excluding hydrogens is 215 g/mol. The number of hydrogen-bond donors (Lipinski definition) is 1. The molecule has 2 nitrogen and oxygen atoms in total. The molecule has 1 aromatic carbocycles. The van der Waals surface area contributed by atoms with Crippen LogP contribution in [0.1, 0.15) is 32.8 Å². The van der Waals surface area contributed by atoms with Crippen LogP contribution in [-0.4, -0.2) is 19.1 Å². The van der Waals surface area contributed by atoms with Crippen molar-refractivity contribution in [1.29, 1.82) is 0 Å². The van der Waals surface area contributed by atoms with Crippen LogP contribution in [0.15, 0.2) is 18.2 Å². The molecule has 2 N–H and O–H groups in total. The minimum atomic E-state index is -0.140. The third-order valence-electron chi connectivity index (χ3n) is 2.79. The zero-order chi connectivity index (χ0) is 12.8. The van der Waals surface area contributed by atoms with Gasteiger partial charge in [-0.05, 0) is 44.4 Å². The quantitative estimate of drug-likeness (QED) is 0.825. The van der Waals surface area contributed by atoms with Gasteiger partial charge >= 0.3 is 0 Å². The SMILES string of the molecule is CCCN(CC)c1ccc(CC(C)N)cc1F. The van der Waals surface area contributed by atoms with Gasteiger partial charge in [-0.2, -0.15) is 0 Å². The van der Waals surface area contributed by atoms with Gasteiger partial charge in [-0.3, -0.25) is 0 Å². The van der Waals surface area contributed by atoms with Crippen LogP contribution in [0.25, 0.3) is 0 Å². The summed E-state index contributed by atoms with van der Waals surface area (Å²) in [6.45, 7) is 7.80. The van der Waals surface area contributed by atoms with Gasteiger partial charge in [0.2, 0.25) is 0 Å². The molecule has 3 heteroatoms. The molecule has 0 amide bonds. The largest absolute Gasteiger partial charge is 0.369 e. The molecule has 17 heavy (non-hydrogen) atoms. The molecule has 96 valence electrons. The summed E-state index contributed by atoms with van der Waals surface area (Å²) in [5, 5.41) is 0. The van der Waals surface area contributed by atoms with Crippen LogP contribution in [0.3, 0.4) is 0 Å². The summed E-state index contributed by atoms with van der Waals surface area (Å²) in [6, 6.07) is 5.52. The average molecular weight is 238 g/mol. The standard InChI is InChI=1S/C14H23FN2/c1-4-8-17(5-2)14-7-6-12(9-11(3)16)10-13(14)15/h6-7,10-11H,4-5,8-9,16H2,1-3H3. The first-order chi connectivity index (χ1) is 8.08. The van der Waals surface area contributed by atoms with E-state index in [2.05, 4.69) is 11.8 Å². The highest BCUT2D eigenvalue weighted by molar-refractivity contribution is 5.49. The normalized spacial score (nSPS) is 12.5. The summed E-state index contributed by atoms with van der Waals surface area (Å²) in [5.74, 6) is -0.140. The first-order valence-electron chi connectivity index (χ1n) is 6.37. The van der Waals surface area contributed by atoms with Gasteiger partial charge in [0.15, 0.2) is 0 Å². The Kier molecular flexibility index (Phi) is 5.42. The van der Waals surface area contributed by atoms with Crippen LogP contribution >= 0.6 is 0 Å². The molecule has 0 bridgehead atoms. The monoisotopic (exact) mass is 238 g/mol. The van der Waals surface area contributed by atoms with Gasteiger partial charge in [0.05, 0.1) is 5.69 Å². The van der Waals surface area contributed by atoms with Crippen LogP contribution in [0.2, 0.25) is 0 Å². The predicted molar refractivity (Wildman–Crippen MR) is 71.9 cm³/mol. The molecule has 0 saturated heterocycles. The summed E-state index contributed by atoms with van der Waals surface area (Å²) in [6.07, 6.45) is 1.74. The minimum absolute atomic E-state index is 0.0678. The summed E-state index contributed by atoms with van der Waals surface area (Å²) >= 11 is 0. The Hall–Kier alpha value is -1.09. The van der Waals surface area contributed by atoms with E-state index in [1.807, 2.05) is 26.0 Å². The molecule has 0 heterocycles. The highest BCUT2D eigenvalue weighted by atomic mass is 19.1. The van der Waals surface area contributed by atoms with Crippen LogP contribution in [0.5, 0.6) is 0 Å². The Morgan fingerprint density at radius 2 is 2.06 bits per heavy atom. The van der Waals surface area contributed by atoms with E-state index in [0.717, 1.165) is 31.5 Å². The first kappa shape index (κ1) is 14.0. The number of nitrogens with zero attached hydrogens (tertiary/aromatic N) is 1. The van der Waals surface area contributed by atoms with E-state index in [0.29, 0.717) is 5.69 Å². The van der Waals surface area contributed by atoms with Crippen molar-refractivity contribution in [3.05, 3.63) is 29.6 Å². The Labute approximate surface area is 104 Å². The van der Waals surface area contributed by atoms with E-state index < -0.39 is 0 Å². The molecule has 1 aromatic rings. The summed E-state index contributed by atoms with van der Waals surface area (Å²) in [7, 11) is 0. The van der Waals surface area contributed by atoms with Crippen LogP contribution < -0.4 is 10.6 Å². The maximum Gasteiger partial charge on any atom is 0.146 e. The molecule has 0 aliphatic carbocycles. The average Bonchev–Trinajstić information content (AvgIpc) is 2.26. The van der Waals surface area contributed by atoms with Gasteiger partial charge in [-0.1, -0.05) is 13.0 Å². The molecule has 1 rings (SSSR count). The first-order valence-corrected chi connectivity index (χ1v) is 6.37. The van der Waals surface area contributed by atoms with Crippen molar-refractivity contribution in [3.63, 3.8) is 0 Å². The smallest absolute Gasteiger partial charge is 0.146 e. The number of rotatable bonds is 6. The molecule has 1 atom stereocenters. The maximum absolute atomic E-state index is 14.0. The van der Waals surface area contributed by atoms with Gasteiger partial charge in [-0.15, -0.1) is 0 Å². The molecule has 0 aliphatic heterocycles. The van der Waals surface area contributed by atoms with Crippen LogP contribution in [0.4, 0.5) is 10.1 Å². The topological polar surface area (TPSA) is 29.3 Å². The van der Waals surface area contributed by atoms with Gasteiger partial charge in [-0.25, -0.2) is 4.39 Å². The fourth-order valence-electron chi connectivity index (χ4n) is 2.02. The third kappa shape index (κ3) is 4.00. The fourth-order valence-corrected chi connectivity index (χ4v) is 2.02. The van der Waals surface area contributed by atoms with Crippen molar-refractivity contribution < 1.29 is 4.39 Å². The second-order valence-corrected chi connectivity index (χ2v) is 4.55. The molecule has 0 aromatic heterocycles. The maximum atomic E-state index is 14.0. The van der Waals surface area contributed by atoms with Gasteiger partial charge < -0.3 is 10.6 Å². The molecule has 0 aliphatic rings. The second-order valence-electron chi connectivity index (χ2n) is 4.55. The lowest BCUT2D eigenvalue weighted by atomic mass is 10.1. The van der Waals surface area contributed by atoms with Crippen molar-refractivity contribution in [2.45, 2.75) is 39.7 Å². The van der Waals surface area contributed by atoms with Gasteiger partial charge in [0.25, 0.3) is 0 Å². The highest BCUT2D eigenvalue weighted by Gasteiger charge is 2.10. The fraction of sp³-hybridized carbons (Fsp3) is 0.571. The highest BCUT2D eigenvalue weighted by Crippen LogP contribution is 2.21. The van der Waals surface area contributed by atoms with Crippen LogP contribution in [-0.2, 0) is 6.42 Å². The third-order valence-corrected chi connectivity index (χ3v) is 2.79. The Balaban J connectivity index is 2.87. The number of anilines is 1. The molecule has 0 saturated carbocycles. The van der Waals surface area contributed by atoms with E-state index >= 15 is 0 Å². The van der Waals surface area contributed by atoms with Crippen LogP contribution in [0, 0.1) is 5.82 Å². The lowest BCUT2D eigenvalue weighted by Crippen LogP contribution is -2.24. The van der Waals surface area contributed by atoms with Crippen molar-refractivity contribution >= 4 is 5.69 Å². The Morgan fingerprint density at radius 3 is 2.53 bits per heavy atom. The number of halogens is 1. The second kappa shape index (κ2) is 6.60. The molecular formula is C14H23FN2. The van der Waals surface area contributed by atoms with Gasteiger partial charge in [0.1, 0.15) is 5.82 Å². The van der Waals surface area contributed by atoms with E-state index in [1.165, 1.54) is 0 Å². The minimum Gasteiger partial charge on any atom is -0.369 e. The van der Waals surface area contributed by atoms with Crippen molar-refractivity contribution in [1.82, 2.24) is 0 Å². The Morgan fingerprint density at radius 1 is 1.35 bits per heavy atom. The van der Waals surface area contributed by atoms with E-state index in [4.69, 9.17) is 5.73 Å². The lowest BCUT2D eigenvalue weighted by molar-refractivity contribution is 0.612. The lowest BCUT2D eigenvalue weighted by Gasteiger charge is -2.23. The van der Waals surface area contributed by atoms with E-state index in [1.54, 1.807) is 6.07 Å². The molecule has 0 radical (unpaired) electrons. The molecule has 1 unspecified atom stereocenters. The number of hydrogen-bond acceptors (Lipinski definition) is 2. The van der Waals surface area contributed by atoms with Crippen molar-refractivity contribution in [2.24, 2.45) is 5.73 Å². The summed E-state index contributed by atoms with van der Waals surface area (Å²) in [4.78, 5) is 2.06. The molecule has 0 spiro atoms. The van der Waals surface area contributed by atoms with E-state index in [9.17, 15) is 4.39 Å². The zero-order valence-corrected chi connectivity index (χ0v) is 11.0. The van der Waals surface area contributed by atoms with E-state index in [-0.39, 0.29) is 11.9 Å². The number of nitrogens with two attached hydrogens (primary N) is 1. The van der Waals surface area contributed by atoms with Crippen molar-refractivity contribution in [3.8, 4) is 0 Å². The summed E-state index contributed by atoms with van der Waals surface area (Å²) < 4.78 is 14.0. The Bertz CT molecular complexity index is 350. The predicted octanol–water partition coefficient (Wildman–Crippen LogP) is 2.95. The number of benzene rings is 1. The van der Waals surface area contributed by atoms with Gasteiger partial charge in [0, 0.05) is 19.1 Å².